The number of nitrogens with zero attached hydrogens (tertiary/aromatic N) is 4. The summed E-state index contributed by atoms with van der Waals surface area (Å²) >= 11 is 0. The Hall–Kier alpha value is -1.95. The van der Waals surface area contributed by atoms with E-state index in [0.717, 1.165) is 30.3 Å². The molecule has 1 saturated carbocycles. The number of pyridine rings is 1. The molecular weight excluding hydrogens is 280 g/mol. The lowest BCUT2D eigenvalue weighted by Crippen LogP contribution is -2.25. The molecule has 1 aliphatic heterocycles. The Bertz CT molecular complexity index is 636. The molecule has 2 fully saturated rings. The average Bonchev–Trinajstić information content (AvgIpc) is 3.04. The van der Waals surface area contributed by atoms with Gasteiger partial charge < -0.3 is 9.26 Å². The molecule has 1 saturated heterocycles. The van der Waals surface area contributed by atoms with Gasteiger partial charge in [0.25, 0.3) is 0 Å². The second-order valence-corrected chi connectivity index (χ2v) is 6.14. The fourth-order valence-corrected chi connectivity index (χ4v) is 3.08. The predicted molar refractivity (Wildman–Crippen MR) is 80.4 cm³/mol. The first kappa shape index (κ1) is 13.7. The number of hydrogen-bond acceptors (Lipinski definition) is 6. The molecule has 0 N–H and O–H groups in total. The van der Waals surface area contributed by atoms with Gasteiger partial charge in [0.15, 0.2) is 0 Å². The molecule has 6 heteroatoms. The summed E-state index contributed by atoms with van der Waals surface area (Å²) in [6, 6.07) is 3.99. The van der Waals surface area contributed by atoms with Crippen molar-refractivity contribution < 1.29 is 9.26 Å². The summed E-state index contributed by atoms with van der Waals surface area (Å²) in [5.41, 5.74) is 0.850. The highest BCUT2D eigenvalue weighted by Crippen LogP contribution is 2.37. The molecule has 2 aromatic rings. The molecule has 6 nitrogen and oxygen atoms in total. The number of methoxy groups -OCH3 is 1. The van der Waals surface area contributed by atoms with E-state index in [2.05, 4.69) is 20.0 Å². The Morgan fingerprint density at radius 2 is 2.23 bits per heavy atom. The Kier molecular flexibility index (Phi) is 3.54. The van der Waals surface area contributed by atoms with Crippen molar-refractivity contribution in [3.63, 3.8) is 0 Å². The van der Waals surface area contributed by atoms with Crippen LogP contribution in [0.5, 0.6) is 5.88 Å². The lowest BCUT2D eigenvalue weighted by Gasteiger charge is -2.20. The second-order valence-electron chi connectivity index (χ2n) is 6.14. The van der Waals surface area contributed by atoms with Crippen molar-refractivity contribution >= 4 is 0 Å². The van der Waals surface area contributed by atoms with Crippen LogP contribution < -0.4 is 4.74 Å². The van der Waals surface area contributed by atoms with Crippen molar-refractivity contribution in [1.82, 2.24) is 20.0 Å². The number of rotatable bonds is 5. The maximum Gasteiger partial charge on any atom is 0.244 e. The number of ether oxygens (including phenoxy) is 1. The molecule has 116 valence electrons. The minimum Gasteiger partial charge on any atom is -0.481 e. The summed E-state index contributed by atoms with van der Waals surface area (Å²) in [7, 11) is 1.60. The molecule has 1 atom stereocenters. The summed E-state index contributed by atoms with van der Waals surface area (Å²) in [5.74, 6) is 2.81. The van der Waals surface area contributed by atoms with Crippen LogP contribution in [0.1, 0.15) is 37.6 Å². The molecular formula is C16H20N4O2. The Balaban J connectivity index is 1.52. The van der Waals surface area contributed by atoms with E-state index < -0.39 is 0 Å². The summed E-state index contributed by atoms with van der Waals surface area (Å²) < 4.78 is 10.6. The molecule has 3 heterocycles. The molecule has 0 amide bonds. The first-order valence-corrected chi connectivity index (χ1v) is 7.91. The molecule has 22 heavy (non-hydrogen) atoms. The molecule has 0 aromatic carbocycles. The van der Waals surface area contributed by atoms with Crippen molar-refractivity contribution in [2.45, 2.75) is 31.7 Å². The molecule has 1 aliphatic carbocycles. The molecule has 0 unspecified atom stereocenters. The Labute approximate surface area is 129 Å². The second kappa shape index (κ2) is 5.68. The smallest absolute Gasteiger partial charge is 0.244 e. The van der Waals surface area contributed by atoms with Crippen LogP contribution in [-0.2, 0) is 0 Å². The summed E-state index contributed by atoms with van der Waals surface area (Å²) in [5, 5.41) is 4.12. The highest BCUT2D eigenvalue weighted by Gasteiger charge is 2.34. The third-order valence-electron chi connectivity index (χ3n) is 4.48. The van der Waals surface area contributed by atoms with Gasteiger partial charge in [0.05, 0.1) is 13.2 Å². The van der Waals surface area contributed by atoms with Gasteiger partial charge in [0.1, 0.15) is 0 Å². The van der Waals surface area contributed by atoms with E-state index in [9.17, 15) is 0 Å². The quantitative estimate of drug-likeness (QED) is 0.846. The van der Waals surface area contributed by atoms with Gasteiger partial charge in [-0.05, 0) is 44.2 Å². The first-order chi connectivity index (χ1) is 10.8. The SMILES string of the molecule is COc1ccc(-c2noc([C@@H]3CCCN3CC3CC3)n2)cn1. The van der Waals surface area contributed by atoms with E-state index in [1.54, 1.807) is 19.4 Å². The monoisotopic (exact) mass is 300 g/mol. The third kappa shape index (κ3) is 2.70. The molecule has 2 aromatic heterocycles. The zero-order chi connectivity index (χ0) is 14.9. The molecule has 2 aliphatic rings. The molecule has 0 radical (unpaired) electrons. The maximum atomic E-state index is 5.53. The van der Waals surface area contributed by atoms with Gasteiger partial charge in [-0.15, -0.1) is 0 Å². The van der Waals surface area contributed by atoms with E-state index in [4.69, 9.17) is 9.26 Å². The van der Waals surface area contributed by atoms with Crippen LogP contribution in [0.25, 0.3) is 11.4 Å². The van der Waals surface area contributed by atoms with Crippen molar-refractivity contribution in [2.75, 3.05) is 20.2 Å². The topological polar surface area (TPSA) is 64.3 Å². The van der Waals surface area contributed by atoms with E-state index in [-0.39, 0.29) is 6.04 Å². The Morgan fingerprint density at radius 1 is 1.32 bits per heavy atom. The van der Waals surface area contributed by atoms with Crippen molar-refractivity contribution in [3.8, 4) is 17.3 Å². The average molecular weight is 300 g/mol. The van der Waals surface area contributed by atoms with Crippen LogP contribution in [0.15, 0.2) is 22.9 Å². The van der Waals surface area contributed by atoms with Gasteiger partial charge in [0, 0.05) is 24.4 Å². The van der Waals surface area contributed by atoms with Gasteiger partial charge in [-0.2, -0.15) is 4.98 Å². The number of aromatic nitrogens is 3. The van der Waals surface area contributed by atoms with Crippen molar-refractivity contribution in [2.24, 2.45) is 5.92 Å². The normalized spacial score (nSPS) is 22.1. The van der Waals surface area contributed by atoms with E-state index >= 15 is 0 Å². The van der Waals surface area contributed by atoms with Gasteiger partial charge in [-0.3, -0.25) is 4.90 Å². The number of hydrogen-bond donors (Lipinski definition) is 0. The summed E-state index contributed by atoms with van der Waals surface area (Å²) in [4.78, 5) is 11.3. The standard InChI is InChI=1S/C16H20N4O2/c1-21-14-7-6-12(9-17-14)15-18-16(22-19-15)13-3-2-8-20(13)10-11-4-5-11/h6-7,9,11,13H,2-5,8,10H2,1H3/t13-/m0/s1. The third-order valence-corrected chi connectivity index (χ3v) is 4.48. The van der Waals surface area contributed by atoms with Crippen LogP contribution in [0.4, 0.5) is 0 Å². The van der Waals surface area contributed by atoms with Gasteiger partial charge in [0.2, 0.25) is 17.6 Å². The van der Waals surface area contributed by atoms with Gasteiger partial charge in [-0.1, -0.05) is 5.16 Å². The largest absolute Gasteiger partial charge is 0.481 e. The minimum atomic E-state index is 0.285. The fraction of sp³-hybridized carbons (Fsp3) is 0.562. The van der Waals surface area contributed by atoms with Crippen LogP contribution in [0, 0.1) is 5.92 Å². The van der Waals surface area contributed by atoms with Crippen LogP contribution >= 0.6 is 0 Å². The highest BCUT2D eigenvalue weighted by molar-refractivity contribution is 5.53. The van der Waals surface area contributed by atoms with Crippen molar-refractivity contribution in [1.29, 1.82) is 0 Å². The molecule has 0 spiro atoms. The lowest BCUT2D eigenvalue weighted by atomic mass is 10.2. The molecule has 4 rings (SSSR count). The predicted octanol–water partition coefficient (Wildman–Crippen LogP) is 2.69. The van der Waals surface area contributed by atoms with Crippen LogP contribution in [0.3, 0.4) is 0 Å². The summed E-state index contributed by atoms with van der Waals surface area (Å²) in [6.07, 6.45) is 6.77. The van der Waals surface area contributed by atoms with E-state index in [1.807, 2.05) is 6.07 Å². The zero-order valence-corrected chi connectivity index (χ0v) is 12.7. The van der Waals surface area contributed by atoms with E-state index in [1.165, 1.54) is 25.8 Å². The molecule has 0 bridgehead atoms. The van der Waals surface area contributed by atoms with Crippen LogP contribution in [0.2, 0.25) is 0 Å². The maximum absolute atomic E-state index is 5.53. The summed E-state index contributed by atoms with van der Waals surface area (Å²) in [6.45, 7) is 2.31. The van der Waals surface area contributed by atoms with Crippen molar-refractivity contribution in [3.05, 3.63) is 24.2 Å². The number of likely N-dealkylation sites (tertiary alicyclic amines) is 1. The highest BCUT2D eigenvalue weighted by atomic mass is 16.5. The minimum absolute atomic E-state index is 0.285. The van der Waals surface area contributed by atoms with Gasteiger partial charge >= 0.3 is 0 Å². The van der Waals surface area contributed by atoms with E-state index in [0.29, 0.717) is 11.7 Å². The first-order valence-electron chi connectivity index (χ1n) is 7.91. The van der Waals surface area contributed by atoms with Gasteiger partial charge in [-0.25, -0.2) is 4.98 Å². The Morgan fingerprint density at radius 3 is 2.95 bits per heavy atom. The zero-order valence-electron chi connectivity index (χ0n) is 12.7. The van der Waals surface area contributed by atoms with Crippen LogP contribution in [-0.4, -0.2) is 40.2 Å². The lowest BCUT2D eigenvalue weighted by molar-refractivity contribution is 0.201. The fourth-order valence-electron chi connectivity index (χ4n) is 3.08.